The smallest absolute Gasteiger partial charge is 0.246 e. The van der Waals surface area contributed by atoms with Crippen LogP contribution < -0.4 is 4.99 Å². The van der Waals surface area contributed by atoms with Gasteiger partial charge in [-0.25, -0.2) is 4.99 Å². The molecular formula is C7H12NO2+. The Balaban J connectivity index is 2.40. The molecule has 0 saturated carbocycles. The van der Waals surface area contributed by atoms with E-state index >= 15 is 0 Å². The maximum atomic E-state index is 11.0. The zero-order chi connectivity index (χ0) is 7.40. The number of carbonyl (C=O) groups is 1. The molecule has 1 atom stereocenters. The summed E-state index contributed by atoms with van der Waals surface area (Å²) in [7, 11) is 1.72. The largest absolute Gasteiger partial charge is 0.370 e. The second kappa shape index (κ2) is 3.46. The molecule has 0 unspecified atom stereocenters. The molecule has 1 heterocycles. The van der Waals surface area contributed by atoms with Gasteiger partial charge in [0.2, 0.25) is 12.0 Å². The molecule has 1 fully saturated rings. The number of ether oxygens (including phenoxy) is 1. The number of rotatable bonds is 2. The van der Waals surface area contributed by atoms with Crippen molar-refractivity contribution in [3.63, 3.8) is 0 Å². The van der Waals surface area contributed by atoms with Crippen LogP contribution in [0.1, 0.15) is 12.8 Å². The third-order valence-corrected chi connectivity index (χ3v) is 1.53. The Bertz CT molecular complexity index is 148. The van der Waals surface area contributed by atoms with Gasteiger partial charge in [0.15, 0.2) is 0 Å². The van der Waals surface area contributed by atoms with Crippen LogP contribution in [-0.2, 0) is 9.53 Å². The number of hydrogen-bond acceptors (Lipinski definition) is 2. The van der Waals surface area contributed by atoms with Gasteiger partial charge < -0.3 is 4.74 Å². The van der Waals surface area contributed by atoms with E-state index in [9.17, 15) is 4.79 Å². The van der Waals surface area contributed by atoms with Crippen molar-refractivity contribution >= 4 is 12.0 Å². The van der Waals surface area contributed by atoms with E-state index in [2.05, 4.69) is 4.99 Å². The molecule has 0 aromatic carbocycles. The molecule has 1 saturated heterocycles. The Kier molecular flexibility index (Phi) is 2.57. The molecule has 1 N–H and O–H groups in total. The molecule has 3 heteroatoms. The summed E-state index contributed by atoms with van der Waals surface area (Å²) in [6, 6.07) is 0. The van der Waals surface area contributed by atoms with Gasteiger partial charge in [-0.15, -0.1) is 0 Å². The van der Waals surface area contributed by atoms with Crippen LogP contribution in [0.5, 0.6) is 0 Å². The number of nitrogens with one attached hydrogen (secondary N) is 1. The van der Waals surface area contributed by atoms with Crippen molar-refractivity contribution in [3.8, 4) is 0 Å². The first kappa shape index (κ1) is 7.41. The Hall–Kier alpha value is -0.700. The van der Waals surface area contributed by atoms with Gasteiger partial charge in [-0.05, 0) is 12.8 Å². The first-order valence-electron chi connectivity index (χ1n) is 3.50. The summed E-state index contributed by atoms with van der Waals surface area (Å²) in [5.74, 6) is 0.0556. The lowest BCUT2D eigenvalue weighted by Crippen LogP contribution is -2.65. The van der Waals surface area contributed by atoms with E-state index < -0.39 is 0 Å². The Labute approximate surface area is 60.1 Å². The quantitative estimate of drug-likeness (QED) is 0.477. The summed E-state index contributed by atoms with van der Waals surface area (Å²) in [5.41, 5.74) is 0. The van der Waals surface area contributed by atoms with E-state index in [1.165, 1.54) is 6.21 Å². The molecule has 0 aliphatic carbocycles. The van der Waals surface area contributed by atoms with Crippen LogP contribution in [0.4, 0.5) is 0 Å². The lowest BCUT2D eigenvalue weighted by molar-refractivity contribution is -0.413. The molecule has 1 aliphatic rings. The van der Waals surface area contributed by atoms with E-state index in [1.807, 2.05) is 0 Å². The van der Waals surface area contributed by atoms with Crippen molar-refractivity contribution in [3.05, 3.63) is 0 Å². The molecule has 1 aliphatic heterocycles. The van der Waals surface area contributed by atoms with E-state index in [-0.39, 0.29) is 11.9 Å². The van der Waals surface area contributed by atoms with E-state index in [1.54, 1.807) is 7.05 Å². The predicted octanol–water partition coefficient (Wildman–Crippen LogP) is -1.48. The number of hydrogen-bond donors (Lipinski definition) is 1. The zero-order valence-corrected chi connectivity index (χ0v) is 6.09. The van der Waals surface area contributed by atoms with Crippen LogP contribution in [0.2, 0.25) is 0 Å². The maximum absolute atomic E-state index is 11.0. The van der Waals surface area contributed by atoms with Gasteiger partial charge in [-0.2, -0.15) is 0 Å². The third-order valence-electron chi connectivity index (χ3n) is 1.53. The molecule has 56 valence electrons. The summed E-state index contributed by atoms with van der Waals surface area (Å²) in [6.07, 6.45) is 3.16. The molecule has 10 heavy (non-hydrogen) atoms. The van der Waals surface area contributed by atoms with E-state index in [4.69, 9.17) is 4.74 Å². The second-order valence-electron chi connectivity index (χ2n) is 2.34. The topological polar surface area (TPSA) is 40.3 Å². The first-order chi connectivity index (χ1) is 4.84. The highest BCUT2D eigenvalue weighted by atomic mass is 16.5. The maximum Gasteiger partial charge on any atom is 0.246 e. The van der Waals surface area contributed by atoms with Gasteiger partial charge in [-0.1, -0.05) is 0 Å². The standard InChI is InChI=1S/C7H11NO2/c1-8-5-6(9)7-3-2-4-10-7/h5,7H,2-4H2,1H3/p+1/t7-/m0/s1. The van der Waals surface area contributed by atoms with Crippen LogP contribution in [0.15, 0.2) is 0 Å². The summed E-state index contributed by atoms with van der Waals surface area (Å²) in [5, 5.41) is 0. The Morgan fingerprint density at radius 1 is 1.80 bits per heavy atom. The van der Waals surface area contributed by atoms with Gasteiger partial charge in [0.05, 0.1) is 0 Å². The number of ketones is 1. The molecule has 0 aromatic heterocycles. The van der Waals surface area contributed by atoms with Crippen LogP contribution >= 0.6 is 0 Å². The molecule has 0 aromatic rings. The van der Waals surface area contributed by atoms with Crippen LogP contribution in [0.3, 0.4) is 0 Å². The normalized spacial score (nSPS) is 25.9. The molecular weight excluding hydrogens is 130 g/mol. The average Bonchev–Trinajstić information content (AvgIpc) is 2.38. The van der Waals surface area contributed by atoms with Gasteiger partial charge in [0.1, 0.15) is 13.2 Å². The minimum atomic E-state index is -0.174. The summed E-state index contributed by atoms with van der Waals surface area (Å²) < 4.78 is 5.15. The van der Waals surface area contributed by atoms with Gasteiger partial charge in [0, 0.05) is 6.61 Å². The number of carbonyl (C=O) groups excluding carboxylic acids is 1. The van der Waals surface area contributed by atoms with E-state index in [0.29, 0.717) is 0 Å². The fourth-order valence-corrected chi connectivity index (χ4v) is 1.04. The predicted molar refractivity (Wildman–Crippen MR) is 36.9 cm³/mol. The van der Waals surface area contributed by atoms with E-state index in [0.717, 1.165) is 19.4 Å². The third kappa shape index (κ3) is 1.64. The molecule has 0 radical (unpaired) electrons. The van der Waals surface area contributed by atoms with Crippen molar-refractivity contribution in [1.29, 1.82) is 0 Å². The first-order valence-corrected chi connectivity index (χ1v) is 3.50. The Morgan fingerprint density at radius 2 is 2.60 bits per heavy atom. The summed E-state index contributed by atoms with van der Waals surface area (Å²) in [6.45, 7) is 0.730. The molecule has 0 spiro atoms. The fraction of sp³-hybridized carbons (Fsp3) is 0.714. The molecule has 1 rings (SSSR count). The van der Waals surface area contributed by atoms with Crippen molar-refractivity contribution in [2.24, 2.45) is 0 Å². The van der Waals surface area contributed by atoms with Crippen molar-refractivity contribution in [2.45, 2.75) is 18.9 Å². The SMILES string of the molecule is C[NH+]=CC(=O)[C@@H]1CCCO1. The average molecular weight is 142 g/mol. The fourth-order valence-electron chi connectivity index (χ4n) is 1.04. The van der Waals surface area contributed by atoms with Crippen LogP contribution in [0.25, 0.3) is 0 Å². The Morgan fingerprint density at radius 3 is 3.10 bits per heavy atom. The van der Waals surface area contributed by atoms with Gasteiger partial charge in [-0.3, -0.25) is 4.79 Å². The lowest BCUT2D eigenvalue weighted by Gasteiger charge is -1.99. The van der Waals surface area contributed by atoms with Crippen molar-refractivity contribution in [1.82, 2.24) is 0 Å². The zero-order valence-electron chi connectivity index (χ0n) is 6.09. The van der Waals surface area contributed by atoms with Crippen LogP contribution in [0, 0.1) is 0 Å². The minimum absolute atomic E-state index is 0.0556. The van der Waals surface area contributed by atoms with Crippen LogP contribution in [-0.4, -0.2) is 31.8 Å². The highest BCUT2D eigenvalue weighted by molar-refractivity contribution is 6.27. The van der Waals surface area contributed by atoms with Gasteiger partial charge >= 0.3 is 0 Å². The highest BCUT2D eigenvalue weighted by Crippen LogP contribution is 2.11. The molecule has 0 bridgehead atoms. The minimum Gasteiger partial charge on any atom is -0.370 e. The monoisotopic (exact) mass is 142 g/mol. The van der Waals surface area contributed by atoms with Crippen molar-refractivity contribution in [2.75, 3.05) is 13.7 Å². The summed E-state index contributed by atoms with van der Waals surface area (Å²) in [4.78, 5) is 13.7. The highest BCUT2D eigenvalue weighted by Gasteiger charge is 2.23. The molecule has 3 nitrogen and oxygen atoms in total. The number of Topliss-reactive ketones (excluding diaryl/α,β-unsaturated/α-hetero) is 1. The second-order valence-corrected chi connectivity index (χ2v) is 2.34. The summed E-state index contributed by atoms with van der Waals surface area (Å²) >= 11 is 0. The lowest BCUT2D eigenvalue weighted by atomic mass is 10.2. The van der Waals surface area contributed by atoms with Crippen molar-refractivity contribution < 1.29 is 14.5 Å². The van der Waals surface area contributed by atoms with Gasteiger partial charge in [0.25, 0.3) is 0 Å². The molecule has 0 amide bonds.